The first kappa shape index (κ1) is 12.6. The van der Waals surface area contributed by atoms with Gasteiger partial charge in [0.25, 0.3) is 0 Å². The predicted octanol–water partition coefficient (Wildman–Crippen LogP) is 3.97. The van der Waals surface area contributed by atoms with E-state index in [1.807, 2.05) is 12.1 Å². The first-order valence-electron chi connectivity index (χ1n) is 6.10. The minimum Gasteiger partial charge on any atom is -0.497 e. The molecule has 0 bridgehead atoms. The number of ether oxygens (including phenoxy) is 2. The van der Waals surface area contributed by atoms with Crippen molar-refractivity contribution in [1.82, 2.24) is 0 Å². The van der Waals surface area contributed by atoms with Gasteiger partial charge in [0.05, 0.1) is 14.2 Å². The van der Waals surface area contributed by atoms with Crippen molar-refractivity contribution >= 4 is 11.6 Å². The molecular formula is C14H19ClO2. The maximum Gasteiger partial charge on any atom is 0.122 e. The molecular weight excluding hydrogens is 236 g/mol. The molecule has 1 aliphatic rings. The Labute approximate surface area is 108 Å². The predicted molar refractivity (Wildman–Crippen MR) is 70.4 cm³/mol. The van der Waals surface area contributed by atoms with Crippen molar-refractivity contribution in [1.29, 1.82) is 0 Å². The third-order valence-corrected chi connectivity index (χ3v) is 3.88. The monoisotopic (exact) mass is 254 g/mol. The molecule has 0 aromatic heterocycles. The number of rotatable bonds is 3. The molecule has 1 saturated carbocycles. The van der Waals surface area contributed by atoms with Gasteiger partial charge in [-0.15, -0.1) is 11.6 Å². The minimum absolute atomic E-state index is 0.296. The van der Waals surface area contributed by atoms with E-state index in [4.69, 9.17) is 21.1 Å². The topological polar surface area (TPSA) is 18.5 Å². The third kappa shape index (κ3) is 2.86. The van der Waals surface area contributed by atoms with Gasteiger partial charge in [0.1, 0.15) is 11.5 Å². The van der Waals surface area contributed by atoms with E-state index in [0.29, 0.717) is 11.3 Å². The van der Waals surface area contributed by atoms with Gasteiger partial charge in [0.2, 0.25) is 0 Å². The highest BCUT2D eigenvalue weighted by molar-refractivity contribution is 6.20. The molecule has 2 rings (SSSR count). The molecule has 2 nitrogen and oxygen atoms in total. The van der Waals surface area contributed by atoms with Crippen LogP contribution in [0.2, 0.25) is 0 Å². The summed E-state index contributed by atoms with van der Waals surface area (Å²) < 4.78 is 10.7. The highest BCUT2D eigenvalue weighted by Crippen LogP contribution is 2.40. The van der Waals surface area contributed by atoms with Crippen LogP contribution in [0, 0.1) is 0 Å². The summed E-state index contributed by atoms with van der Waals surface area (Å²) in [6.07, 6.45) is 4.54. The zero-order chi connectivity index (χ0) is 12.3. The van der Waals surface area contributed by atoms with Gasteiger partial charge in [0, 0.05) is 10.9 Å². The molecule has 17 heavy (non-hydrogen) atoms. The number of halogens is 1. The smallest absolute Gasteiger partial charge is 0.122 e. The second-order valence-electron chi connectivity index (χ2n) is 4.57. The standard InChI is InChI=1S/C14H19ClO2/c1-16-12-6-7-14(17-2)13(9-12)10-4-3-5-11(15)8-10/h6-7,9-11H,3-5,8H2,1-2H3. The van der Waals surface area contributed by atoms with E-state index >= 15 is 0 Å². The first-order chi connectivity index (χ1) is 8.24. The number of hydrogen-bond acceptors (Lipinski definition) is 2. The molecule has 94 valence electrons. The van der Waals surface area contributed by atoms with Crippen molar-refractivity contribution in [3.63, 3.8) is 0 Å². The van der Waals surface area contributed by atoms with E-state index in [0.717, 1.165) is 24.3 Å². The molecule has 0 heterocycles. The van der Waals surface area contributed by atoms with Crippen LogP contribution in [-0.4, -0.2) is 19.6 Å². The van der Waals surface area contributed by atoms with Gasteiger partial charge in [-0.05, 0) is 43.4 Å². The second-order valence-corrected chi connectivity index (χ2v) is 5.19. The van der Waals surface area contributed by atoms with Gasteiger partial charge in [-0.1, -0.05) is 6.42 Å². The Morgan fingerprint density at radius 1 is 1.18 bits per heavy atom. The van der Waals surface area contributed by atoms with Crippen LogP contribution in [0.3, 0.4) is 0 Å². The zero-order valence-electron chi connectivity index (χ0n) is 10.4. The third-order valence-electron chi connectivity index (χ3n) is 3.49. The molecule has 3 heteroatoms. The molecule has 1 aromatic carbocycles. The van der Waals surface area contributed by atoms with Crippen LogP contribution in [0.15, 0.2) is 18.2 Å². The fraction of sp³-hybridized carbons (Fsp3) is 0.571. The summed E-state index contributed by atoms with van der Waals surface area (Å²) in [5.74, 6) is 2.33. The van der Waals surface area contributed by atoms with Gasteiger partial charge in [-0.3, -0.25) is 0 Å². The van der Waals surface area contributed by atoms with E-state index in [-0.39, 0.29) is 0 Å². The molecule has 0 N–H and O–H groups in total. The van der Waals surface area contributed by atoms with Crippen LogP contribution in [-0.2, 0) is 0 Å². The number of methoxy groups -OCH3 is 2. The Bertz CT molecular complexity index is 378. The quantitative estimate of drug-likeness (QED) is 0.760. The lowest BCUT2D eigenvalue weighted by Crippen LogP contribution is -2.14. The average molecular weight is 255 g/mol. The number of alkyl halides is 1. The lowest BCUT2D eigenvalue weighted by molar-refractivity contribution is 0.381. The molecule has 0 spiro atoms. The molecule has 0 radical (unpaired) electrons. The van der Waals surface area contributed by atoms with Crippen LogP contribution in [0.1, 0.15) is 37.2 Å². The molecule has 0 aliphatic heterocycles. The Kier molecular flexibility index (Phi) is 4.16. The van der Waals surface area contributed by atoms with Crippen LogP contribution in [0.25, 0.3) is 0 Å². The lowest BCUT2D eigenvalue weighted by atomic mass is 9.83. The van der Waals surface area contributed by atoms with Crippen molar-refractivity contribution in [2.75, 3.05) is 14.2 Å². The number of hydrogen-bond donors (Lipinski definition) is 0. The lowest BCUT2D eigenvalue weighted by Gasteiger charge is -2.27. The average Bonchev–Trinajstić information content (AvgIpc) is 2.38. The Hall–Kier alpha value is -0.890. The van der Waals surface area contributed by atoms with E-state index in [9.17, 15) is 0 Å². The fourth-order valence-electron chi connectivity index (χ4n) is 2.57. The molecule has 1 aromatic rings. The van der Waals surface area contributed by atoms with Crippen molar-refractivity contribution in [3.05, 3.63) is 23.8 Å². The molecule has 2 atom stereocenters. The van der Waals surface area contributed by atoms with Crippen molar-refractivity contribution < 1.29 is 9.47 Å². The fourth-order valence-corrected chi connectivity index (χ4v) is 2.94. The summed E-state index contributed by atoms with van der Waals surface area (Å²) >= 11 is 6.26. The maximum atomic E-state index is 6.26. The van der Waals surface area contributed by atoms with Crippen molar-refractivity contribution in [3.8, 4) is 11.5 Å². The highest BCUT2D eigenvalue weighted by Gasteiger charge is 2.24. The van der Waals surface area contributed by atoms with Gasteiger partial charge in [-0.25, -0.2) is 0 Å². The van der Waals surface area contributed by atoms with Gasteiger partial charge >= 0.3 is 0 Å². The van der Waals surface area contributed by atoms with Crippen LogP contribution >= 0.6 is 11.6 Å². The Morgan fingerprint density at radius 2 is 2.00 bits per heavy atom. The normalized spacial score (nSPS) is 24.4. The van der Waals surface area contributed by atoms with Crippen LogP contribution in [0.4, 0.5) is 0 Å². The summed E-state index contributed by atoms with van der Waals surface area (Å²) in [4.78, 5) is 0. The summed E-state index contributed by atoms with van der Waals surface area (Å²) in [6.45, 7) is 0. The van der Waals surface area contributed by atoms with Gasteiger partial charge in [-0.2, -0.15) is 0 Å². The SMILES string of the molecule is COc1ccc(OC)c(C2CCCC(Cl)C2)c1. The zero-order valence-corrected chi connectivity index (χ0v) is 11.2. The van der Waals surface area contributed by atoms with Gasteiger partial charge < -0.3 is 9.47 Å². The van der Waals surface area contributed by atoms with Crippen molar-refractivity contribution in [2.45, 2.75) is 37.0 Å². The van der Waals surface area contributed by atoms with E-state index in [1.54, 1.807) is 14.2 Å². The second kappa shape index (κ2) is 5.63. The van der Waals surface area contributed by atoms with E-state index in [2.05, 4.69) is 6.07 Å². The number of benzene rings is 1. The van der Waals surface area contributed by atoms with Crippen molar-refractivity contribution in [2.24, 2.45) is 0 Å². The van der Waals surface area contributed by atoms with Crippen LogP contribution in [0.5, 0.6) is 11.5 Å². The Balaban J connectivity index is 2.27. The van der Waals surface area contributed by atoms with Gasteiger partial charge in [0.15, 0.2) is 0 Å². The minimum atomic E-state index is 0.296. The summed E-state index contributed by atoms with van der Waals surface area (Å²) in [7, 11) is 3.41. The first-order valence-corrected chi connectivity index (χ1v) is 6.54. The molecule has 2 unspecified atom stereocenters. The Morgan fingerprint density at radius 3 is 2.65 bits per heavy atom. The molecule has 0 saturated heterocycles. The summed E-state index contributed by atoms with van der Waals surface area (Å²) in [6, 6.07) is 5.99. The summed E-state index contributed by atoms with van der Waals surface area (Å²) in [5, 5.41) is 0.296. The molecule has 1 fully saturated rings. The van der Waals surface area contributed by atoms with E-state index < -0.39 is 0 Å². The molecule has 0 amide bonds. The molecule has 1 aliphatic carbocycles. The van der Waals surface area contributed by atoms with Crippen LogP contribution < -0.4 is 9.47 Å². The summed E-state index contributed by atoms with van der Waals surface area (Å²) in [5.41, 5.74) is 1.23. The largest absolute Gasteiger partial charge is 0.497 e. The van der Waals surface area contributed by atoms with E-state index in [1.165, 1.54) is 18.4 Å². The highest BCUT2D eigenvalue weighted by atomic mass is 35.5. The maximum absolute atomic E-state index is 6.26.